The van der Waals surface area contributed by atoms with Gasteiger partial charge in [0.05, 0.1) is 23.1 Å². The summed E-state index contributed by atoms with van der Waals surface area (Å²) in [5, 5.41) is 29.7. The number of carbonyl (C=O) groups is 2. The van der Waals surface area contributed by atoms with Gasteiger partial charge in [-0.3, -0.25) is 4.79 Å². The molecule has 0 aliphatic carbocycles. The van der Waals surface area contributed by atoms with Crippen LogP contribution in [0, 0.1) is 17.2 Å². The summed E-state index contributed by atoms with van der Waals surface area (Å²) in [5.74, 6) is -0.222. The molecular weight excluding hydrogens is 406 g/mol. The molecule has 2 aromatic carbocycles. The van der Waals surface area contributed by atoms with Gasteiger partial charge in [0, 0.05) is 22.5 Å². The number of carbonyl (C=O) groups excluding carboxylic acids is 1. The lowest BCUT2D eigenvalue weighted by Gasteiger charge is -2.21. The number of rotatable bonds is 3. The van der Waals surface area contributed by atoms with Crippen molar-refractivity contribution in [1.29, 1.82) is 5.26 Å². The van der Waals surface area contributed by atoms with Gasteiger partial charge in [-0.2, -0.15) is 9.94 Å². The summed E-state index contributed by atoms with van der Waals surface area (Å²) in [6.45, 7) is 1.46. The number of nitrogens with one attached hydrogen (secondary N) is 2. The number of piperidine rings is 1. The first-order valence-electron chi connectivity index (χ1n) is 9.45. The maximum Gasteiger partial charge on any atom is 0.432 e. The number of nitrogens with zero attached hydrogens (tertiary/aromatic N) is 3. The highest BCUT2D eigenvalue weighted by molar-refractivity contribution is 6.33. The molecule has 0 spiro atoms. The van der Waals surface area contributed by atoms with Crippen LogP contribution in [0.2, 0.25) is 5.02 Å². The molecule has 1 saturated heterocycles. The number of halogens is 1. The standard InChI is InChI=1S/C21H18ClN5O3/c22-17-5-3-12(10-23)8-15(17)13-4-6-18-16(9-13)19(26-27(18)21(29)30)25-20(28)14-2-1-7-24-11-14/h3-6,8-9,14,24H,1-2,7,11H2,(H,29,30)(H,25,26,28)/t14-/m1/s1. The lowest BCUT2D eigenvalue weighted by molar-refractivity contribution is -0.120. The van der Waals surface area contributed by atoms with Crippen LogP contribution in [-0.2, 0) is 4.79 Å². The van der Waals surface area contributed by atoms with E-state index in [4.69, 9.17) is 11.6 Å². The molecule has 0 unspecified atom stereocenters. The van der Waals surface area contributed by atoms with Crippen molar-refractivity contribution in [1.82, 2.24) is 15.1 Å². The average molecular weight is 424 g/mol. The highest BCUT2D eigenvalue weighted by Crippen LogP contribution is 2.33. The van der Waals surface area contributed by atoms with Gasteiger partial charge >= 0.3 is 6.09 Å². The van der Waals surface area contributed by atoms with Gasteiger partial charge in [-0.25, -0.2) is 4.79 Å². The Kier molecular flexibility index (Phi) is 5.40. The summed E-state index contributed by atoms with van der Waals surface area (Å²) in [5.41, 5.74) is 2.11. The van der Waals surface area contributed by atoms with Crippen molar-refractivity contribution < 1.29 is 14.7 Å². The van der Waals surface area contributed by atoms with E-state index in [1.165, 1.54) is 0 Å². The van der Waals surface area contributed by atoms with E-state index in [9.17, 15) is 20.0 Å². The van der Waals surface area contributed by atoms with Crippen molar-refractivity contribution in [3.05, 3.63) is 47.0 Å². The van der Waals surface area contributed by atoms with Crippen LogP contribution in [0.5, 0.6) is 0 Å². The Morgan fingerprint density at radius 1 is 1.30 bits per heavy atom. The van der Waals surface area contributed by atoms with E-state index in [1.54, 1.807) is 36.4 Å². The zero-order valence-electron chi connectivity index (χ0n) is 15.9. The van der Waals surface area contributed by atoms with Gasteiger partial charge in [-0.1, -0.05) is 17.7 Å². The van der Waals surface area contributed by atoms with Gasteiger partial charge in [0.25, 0.3) is 0 Å². The predicted molar refractivity (Wildman–Crippen MR) is 113 cm³/mol. The van der Waals surface area contributed by atoms with Crippen LogP contribution in [0.1, 0.15) is 18.4 Å². The molecule has 2 heterocycles. The second-order valence-corrected chi connectivity index (χ2v) is 7.52. The Labute approximate surface area is 177 Å². The van der Waals surface area contributed by atoms with E-state index in [0.29, 0.717) is 39.2 Å². The van der Waals surface area contributed by atoms with Crippen molar-refractivity contribution in [2.75, 3.05) is 18.4 Å². The highest BCUT2D eigenvalue weighted by Gasteiger charge is 2.24. The summed E-state index contributed by atoms with van der Waals surface area (Å²) in [6.07, 6.45) is 0.412. The van der Waals surface area contributed by atoms with E-state index in [0.717, 1.165) is 24.1 Å². The van der Waals surface area contributed by atoms with Gasteiger partial charge in [0.1, 0.15) is 0 Å². The van der Waals surface area contributed by atoms with E-state index in [-0.39, 0.29) is 17.6 Å². The van der Waals surface area contributed by atoms with Gasteiger partial charge in [-0.05, 0) is 55.3 Å². The fourth-order valence-electron chi connectivity index (χ4n) is 3.63. The first-order valence-corrected chi connectivity index (χ1v) is 9.83. The van der Waals surface area contributed by atoms with Crippen molar-refractivity contribution in [2.24, 2.45) is 5.92 Å². The van der Waals surface area contributed by atoms with Crippen LogP contribution in [0.4, 0.5) is 10.6 Å². The highest BCUT2D eigenvalue weighted by atomic mass is 35.5. The minimum atomic E-state index is -1.25. The molecular formula is C21H18ClN5O3. The van der Waals surface area contributed by atoms with Crippen molar-refractivity contribution >= 4 is 40.3 Å². The molecule has 0 saturated carbocycles. The zero-order valence-corrected chi connectivity index (χ0v) is 16.6. The number of amides is 1. The molecule has 1 aliphatic heterocycles. The Hall–Kier alpha value is -3.41. The zero-order chi connectivity index (χ0) is 21.3. The third-order valence-electron chi connectivity index (χ3n) is 5.18. The second kappa shape index (κ2) is 8.14. The number of hydrogen-bond acceptors (Lipinski definition) is 5. The van der Waals surface area contributed by atoms with E-state index in [1.807, 2.05) is 0 Å². The smallest absolute Gasteiger partial charge is 0.432 e. The van der Waals surface area contributed by atoms with Crippen LogP contribution in [0.25, 0.3) is 22.0 Å². The molecule has 30 heavy (non-hydrogen) atoms. The maximum absolute atomic E-state index is 12.7. The molecule has 152 valence electrons. The molecule has 1 amide bonds. The molecule has 3 N–H and O–H groups in total. The summed E-state index contributed by atoms with van der Waals surface area (Å²) >= 11 is 6.32. The number of carboxylic acid groups (broad SMARTS) is 1. The second-order valence-electron chi connectivity index (χ2n) is 7.11. The molecule has 0 bridgehead atoms. The Morgan fingerprint density at radius 3 is 2.83 bits per heavy atom. The molecule has 1 atom stereocenters. The number of aromatic nitrogens is 2. The molecule has 8 nitrogen and oxygen atoms in total. The average Bonchev–Trinajstić information content (AvgIpc) is 3.12. The lowest BCUT2D eigenvalue weighted by Crippen LogP contribution is -2.37. The lowest BCUT2D eigenvalue weighted by atomic mass is 9.98. The molecule has 1 aliphatic rings. The fraction of sp³-hybridized carbons (Fsp3) is 0.238. The van der Waals surface area contributed by atoms with Crippen LogP contribution in [0.3, 0.4) is 0 Å². The number of nitriles is 1. The SMILES string of the molecule is N#Cc1ccc(Cl)c(-c2ccc3c(c2)c(NC(=O)[C@@H]2CCCNC2)nn3C(=O)O)c1. The van der Waals surface area contributed by atoms with E-state index in [2.05, 4.69) is 21.8 Å². The number of fused-ring (bicyclic) bond motifs is 1. The summed E-state index contributed by atoms with van der Waals surface area (Å²) in [6, 6.07) is 12.0. The molecule has 1 fully saturated rings. The van der Waals surface area contributed by atoms with Gasteiger partial charge in [-0.15, -0.1) is 5.10 Å². The summed E-state index contributed by atoms with van der Waals surface area (Å²) < 4.78 is 0.834. The third-order valence-corrected chi connectivity index (χ3v) is 5.51. The van der Waals surface area contributed by atoms with Crippen molar-refractivity contribution in [3.63, 3.8) is 0 Å². The van der Waals surface area contributed by atoms with Crippen LogP contribution < -0.4 is 10.6 Å². The topological polar surface area (TPSA) is 120 Å². The fourth-order valence-corrected chi connectivity index (χ4v) is 3.86. The Bertz CT molecular complexity index is 1190. The number of anilines is 1. The quantitative estimate of drug-likeness (QED) is 0.590. The molecule has 1 aromatic heterocycles. The monoisotopic (exact) mass is 423 g/mol. The summed E-state index contributed by atoms with van der Waals surface area (Å²) in [4.78, 5) is 24.3. The summed E-state index contributed by atoms with van der Waals surface area (Å²) in [7, 11) is 0. The third kappa shape index (κ3) is 3.73. The van der Waals surface area contributed by atoms with Crippen molar-refractivity contribution in [3.8, 4) is 17.2 Å². The minimum Gasteiger partial charge on any atom is -0.463 e. The normalized spacial score (nSPS) is 16.2. The molecule has 3 aromatic rings. The van der Waals surface area contributed by atoms with Crippen LogP contribution in [0.15, 0.2) is 36.4 Å². The van der Waals surface area contributed by atoms with Gasteiger partial charge in [0.2, 0.25) is 5.91 Å². The Balaban J connectivity index is 1.78. The van der Waals surface area contributed by atoms with E-state index < -0.39 is 6.09 Å². The molecule has 0 radical (unpaired) electrons. The largest absolute Gasteiger partial charge is 0.463 e. The number of hydrogen-bond donors (Lipinski definition) is 3. The van der Waals surface area contributed by atoms with E-state index >= 15 is 0 Å². The maximum atomic E-state index is 12.7. The number of benzene rings is 2. The first-order chi connectivity index (χ1) is 14.5. The predicted octanol–water partition coefficient (Wildman–Crippen LogP) is 3.69. The van der Waals surface area contributed by atoms with Crippen LogP contribution in [-0.4, -0.2) is 40.0 Å². The first kappa shape index (κ1) is 19.9. The van der Waals surface area contributed by atoms with Crippen LogP contribution >= 0.6 is 11.6 Å². The van der Waals surface area contributed by atoms with Crippen molar-refractivity contribution in [2.45, 2.75) is 12.8 Å². The molecule has 9 heteroatoms. The Morgan fingerprint density at radius 2 is 2.13 bits per heavy atom. The minimum absolute atomic E-state index is 0.178. The van der Waals surface area contributed by atoms with Gasteiger partial charge < -0.3 is 15.7 Å². The molecule has 4 rings (SSSR count). The van der Waals surface area contributed by atoms with Gasteiger partial charge in [0.15, 0.2) is 5.82 Å².